The summed E-state index contributed by atoms with van der Waals surface area (Å²) in [6, 6.07) is 17.6. The van der Waals surface area contributed by atoms with Crippen molar-refractivity contribution in [3.63, 3.8) is 0 Å². The largest absolute Gasteiger partial charge is 0.345 e. The molecule has 3 rings (SSSR count). The van der Waals surface area contributed by atoms with Crippen molar-refractivity contribution < 1.29 is 4.79 Å². The minimum Gasteiger partial charge on any atom is -0.345 e. The molecule has 128 valence electrons. The Labute approximate surface area is 146 Å². The van der Waals surface area contributed by atoms with Gasteiger partial charge in [0, 0.05) is 5.56 Å². The Balaban J connectivity index is 1.59. The second-order valence-corrected chi connectivity index (χ2v) is 6.28. The van der Waals surface area contributed by atoms with Crippen LogP contribution >= 0.6 is 0 Å². The molecule has 0 atom stereocenters. The highest BCUT2D eigenvalue weighted by Crippen LogP contribution is 2.19. The molecule has 0 fully saturated rings. The van der Waals surface area contributed by atoms with E-state index < -0.39 is 0 Å². The van der Waals surface area contributed by atoms with E-state index in [1.54, 1.807) is 4.80 Å². The molecule has 0 aliphatic carbocycles. The summed E-state index contributed by atoms with van der Waals surface area (Å²) in [7, 11) is 0. The van der Waals surface area contributed by atoms with Crippen molar-refractivity contribution in [3.05, 3.63) is 66.0 Å². The van der Waals surface area contributed by atoms with Gasteiger partial charge >= 0.3 is 0 Å². The first-order chi connectivity index (χ1) is 12.1. The van der Waals surface area contributed by atoms with Crippen molar-refractivity contribution in [1.29, 1.82) is 0 Å². The Kier molecular flexibility index (Phi) is 5.18. The van der Waals surface area contributed by atoms with Gasteiger partial charge in [0.1, 0.15) is 0 Å². The number of nitrogens with zero attached hydrogens (tertiary/aromatic N) is 4. The molecule has 3 aromatic rings. The van der Waals surface area contributed by atoms with Crippen molar-refractivity contribution in [2.24, 2.45) is 5.92 Å². The van der Waals surface area contributed by atoms with Crippen LogP contribution in [0.2, 0.25) is 0 Å². The third kappa shape index (κ3) is 4.50. The smallest absolute Gasteiger partial charge is 0.251 e. The standard InChI is InChI=1S/C19H21N5O/c1-14(2)13-24-22-18(21-23-24)12-20-19(25)17-10-8-16(9-11-17)15-6-4-3-5-7-15/h3-11,14H,12-13H2,1-2H3,(H,20,25). The fourth-order valence-electron chi connectivity index (χ4n) is 2.46. The van der Waals surface area contributed by atoms with Crippen molar-refractivity contribution in [2.45, 2.75) is 26.9 Å². The van der Waals surface area contributed by atoms with E-state index in [1.165, 1.54) is 0 Å². The molecule has 2 aromatic carbocycles. The van der Waals surface area contributed by atoms with Crippen LogP contribution in [-0.2, 0) is 13.1 Å². The van der Waals surface area contributed by atoms with Crippen LogP contribution in [-0.4, -0.2) is 26.1 Å². The molecule has 6 heteroatoms. The van der Waals surface area contributed by atoms with E-state index in [4.69, 9.17) is 0 Å². The monoisotopic (exact) mass is 335 g/mol. The summed E-state index contributed by atoms with van der Waals surface area (Å²) in [5, 5.41) is 15.0. The first-order valence-corrected chi connectivity index (χ1v) is 8.32. The van der Waals surface area contributed by atoms with E-state index in [1.807, 2.05) is 54.6 Å². The maximum absolute atomic E-state index is 12.3. The van der Waals surface area contributed by atoms with Crippen LogP contribution in [0, 0.1) is 5.92 Å². The number of benzene rings is 2. The van der Waals surface area contributed by atoms with Gasteiger partial charge in [0.15, 0.2) is 5.82 Å². The van der Waals surface area contributed by atoms with Crippen molar-refractivity contribution >= 4 is 5.91 Å². The van der Waals surface area contributed by atoms with Gasteiger partial charge in [0.25, 0.3) is 5.91 Å². The molecule has 6 nitrogen and oxygen atoms in total. The summed E-state index contributed by atoms with van der Waals surface area (Å²) >= 11 is 0. The number of tetrazole rings is 1. The van der Waals surface area contributed by atoms with E-state index in [-0.39, 0.29) is 12.5 Å². The lowest BCUT2D eigenvalue weighted by Crippen LogP contribution is -2.23. The van der Waals surface area contributed by atoms with E-state index >= 15 is 0 Å². The number of carbonyl (C=O) groups is 1. The number of carbonyl (C=O) groups excluding carboxylic acids is 1. The average Bonchev–Trinajstić information content (AvgIpc) is 3.07. The van der Waals surface area contributed by atoms with Gasteiger partial charge < -0.3 is 5.32 Å². The summed E-state index contributed by atoms with van der Waals surface area (Å²) in [4.78, 5) is 13.8. The van der Waals surface area contributed by atoms with Gasteiger partial charge in [-0.25, -0.2) is 0 Å². The molecular formula is C19H21N5O. The predicted octanol–water partition coefficient (Wildman–Crippen LogP) is 2.93. The van der Waals surface area contributed by atoms with Crippen LogP contribution in [0.5, 0.6) is 0 Å². The minimum atomic E-state index is -0.153. The minimum absolute atomic E-state index is 0.153. The van der Waals surface area contributed by atoms with Gasteiger partial charge in [-0.15, -0.1) is 10.2 Å². The molecule has 0 bridgehead atoms. The maximum Gasteiger partial charge on any atom is 0.251 e. The molecule has 0 aliphatic rings. The van der Waals surface area contributed by atoms with E-state index in [0.29, 0.717) is 23.9 Å². The van der Waals surface area contributed by atoms with Gasteiger partial charge in [-0.1, -0.05) is 56.3 Å². The van der Waals surface area contributed by atoms with E-state index in [0.717, 1.165) is 11.1 Å². The Bertz CT molecular complexity index is 825. The summed E-state index contributed by atoms with van der Waals surface area (Å²) in [5.41, 5.74) is 2.81. The number of amides is 1. The van der Waals surface area contributed by atoms with E-state index in [2.05, 4.69) is 34.6 Å². The van der Waals surface area contributed by atoms with Crippen LogP contribution < -0.4 is 5.32 Å². The number of hydrogen-bond donors (Lipinski definition) is 1. The highest BCUT2D eigenvalue weighted by molar-refractivity contribution is 5.94. The SMILES string of the molecule is CC(C)Cn1nnc(CNC(=O)c2ccc(-c3ccccc3)cc2)n1. The second-order valence-electron chi connectivity index (χ2n) is 6.28. The number of rotatable bonds is 6. The predicted molar refractivity (Wildman–Crippen MR) is 95.7 cm³/mol. The number of hydrogen-bond acceptors (Lipinski definition) is 4. The highest BCUT2D eigenvalue weighted by Gasteiger charge is 2.09. The lowest BCUT2D eigenvalue weighted by atomic mass is 10.0. The van der Waals surface area contributed by atoms with Gasteiger partial charge in [0.2, 0.25) is 0 Å². The van der Waals surface area contributed by atoms with Crippen LogP contribution in [0.15, 0.2) is 54.6 Å². The fraction of sp³-hybridized carbons (Fsp3) is 0.263. The molecule has 1 heterocycles. The Morgan fingerprint density at radius 1 is 1.04 bits per heavy atom. The summed E-state index contributed by atoms with van der Waals surface area (Å²) in [6.45, 7) is 5.15. The third-order valence-corrected chi connectivity index (χ3v) is 3.68. The Morgan fingerprint density at radius 3 is 2.40 bits per heavy atom. The first-order valence-electron chi connectivity index (χ1n) is 8.32. The maximum atomic E-state index is 12.3. The molecule has 0 saturated heterocycles. The molecule has 25 heavy (non-hydrogen) atoms. The number of nitrogens with one attached hydrogen (secondary N) is 1. The van der Waals surface area contributed by atoms with Gasteiger partial charge in [0.05, 0.1) is 13.1 Å². The zero-order valence-electron chi connectivity index (χ0n) is 14.4. The van der Waals surface area contributed by atoms with Gasteiger partial charge in [-0.2, -0.15) is 4.80 Å². The lowest BCUT2D eigenvalue weighted by Gasteiger charge is -2.05. The molecule has 1 amide bonds. The van der Waals surface area contributed by atoms with E-state index in [9.17, 15) is 4.79 Å². The van der Waals surface area contributed by atoms with Gasteiger partial charge in [-0.3, -0.25) is 4.79 Å². The average molecular weight is 335 g/mol. The molecule has 0 unspecified atom stereocenters. The quantitative estimate of drug-likeness (QED) is 0.752. The lowest BCUT2D eigenvalue weighted by molar-refractivity contribution is 0.0950. The van der Waals surface area contributed by atoms with Crippen LogP contribution in [0.4, 0.5) is 0 Å². The van der Waals surface area contributed by atoms with Crippen molar-refractivity contribution in [1.82, 2.24) is 25.5 Å². The Morgan fingerprint density at radius 2 is 1.72 bits per heavy atom. The zero-order valence-corrected chi connectivity index (χ0v) is 14.4. The number of aromatic nitrogens is 4. The van der Waals surface area contributed by atoms with Gasteiger partial charge in [-0.05, 0) is 34.4 Å². The summed E-state index contributed by atoms with van der Waals surface area (Å²) in [6.07, 6.45) is 0. The van der Waals surface area contributed by atoms with Crippen LogP contribution in [0.25, 0.3) is 11.1 Å². The van der Waals surface area contributed by atoms with Crippen molar-refractivity contribution in [3.8, 4) is 11.1 Å². The molecule has 1 aromatic heterocycles. The molecule has 0 spiro atoms. The Hall–Kier alpha value is -3.02. The highest BCUT2D eigenvalue weighted by atomic mass is 16.1. The molecule has 1 N–H and O–H groups in total. The molecule has 0 aliphatic heterocycles. The zero-order chi connectivity index (χ0) is 17.6. The summed E-state index contributed by atoms with van der Waals surface area (Å²) < 4.78 is 0. The van der Waals surface area contributed by atoms with Crippen LogP contribution in [0.1, 0.15) is 30.0 Å². The summed E-state index contributed by atoms with van der Waals surface area (Å²) in [5.74, 6) is 0.800. The van der Waals surface area contributed by atoms with Crippen molar-refractivity contribution in [2.75, 3.05) is 0 Å². The molecule has 0 radical (unpaired) electrons. The van der Waals surface area contributed by atoms with Crippen LogP contribution in [0.3, 0.4) is 0 Å². The first kappa shape index (κ1) is 16.8. The molecular weight excluding hydrogens is 314 g/mol. The second kappa shape index (κ2) is 7.70. The molecule has 0 saturated carbocycles. The third-order valence-electron chi connectivity index (χ3n) is 3.68. The topological polar surface area (TPSA) is 72.7 Å². The fourth-order valence-corrected chi connectivity index (χ4v) is 2.46. The normalized spacial score (nSPS) is 10.8.